The Morgan fingerprint density at radius 3 is 2.00 bits per heavy atom. The molecule has 3 nitrogen and oxygen atoms in total. The topological polar surface area (TPSA) is 35.0 Å². The molecule has 4 rings (SSSR count). The Hall–Kier alpha value is -3.46. The van der Waals surface area contributed by atoms with Gasteiger partial charge in [0.1, 0.15) is 0 Å². The molecule has 0 saturated heterocycles. The lowest BCUT2D eigenvalue weighted by Gasteiger charge is -2.09. The molecule has 0 spiro atoms. The molecule has 0 aliphatic rings. The smallest absolute Gasteiger partial charge is 0.0766 e. The van der Waals surface area contributed by atoms with Crippen LogP contribution in [-0.2, 0) is 11.2 Å². The van der Waals surface area contributed by atoms with Crippen molar-refractivity contribution in [3.05, 3.63) is 96.5 Å². The van der Waals surface area contributed by atoms with Crippen molar-refractivity contribution in [1.29, 1.82) is 0 Å². The van der Waals surface area contributed by atoms with Crippen LogP contribution in [-0.4, -0.2) is 17.1 Å². The Kier molecular flexibility index (Phi) is 11.0. The van der Waals surface area contributed by atoms with Gasteiger partial charge in [-0.05, 0) is 61.1 Å². The van der Waals surface area contributed by atoms with E-state index < -0.39 is 0 Å². The molecule has 2 heterocycles. The van der Waals surface area contributed by atoms with Crippen molar-refractivity contribution >= 4 is 10.9 Å². The quantitative estimate of drug-likeness (QED) is 0.273. The van der Waals surface area contributed by atoms with E-state index in [1.54, 1.807) is 7.11 Å². The zero-order valence-electron chi connectivity index (χ0n) is 21.6. The van der Waals surface area contributed by atoms with E-state index in [1.807, 2.05) is 33.0 Å². The van der Waals surface area contributed by atoms with Gasteiger partial charge < -0.3 is 4.74 Å². The number of fused-ring (bicyclic) bond motifs is 1. The second kappa shape index (κ2) is 13.9. The molecule has 4 aromatic rings. The van der Waals surface area contributed by atoms with Gasteiger partial charge in [0.2, 0.25) is 0 Å². The van der Waals surface area contributed by atoms with Gasteiger partial charge in [0.15, 0.2) is 0 Å². The van der Waals surface area contributed by atoms with Gasteiger partial charge in [-0.3, -0.25) is 4.98 Å². The Balaban J connectivity index is 0.000000618. The molecule has 0 aliphatic carbocycles. The van der Waals surface area contributed by atoms with Gasteiger partial charge in [0.05, 0.1) is 24.6 Å². The maximum atomic E-state index is 4.87. The largest absolute Gasteiger partial charge is 0.505 e. The van der Waals surface area contributed by atoms with Crippen LogP contribution >= 0.6 is 0 Å². The van der Waals surface area contributed by atoms with Gasteiger partial charge in [0, 0.05) is 22.8 Å². The second-order valence-electron chi connectivity index (χ2n) is 7.90. The van der Waals surface area contributed by atoms with Gasteiger partial charge in [-0.25, -0.2) is 4.98 Å². The average Bonchev–Trinajstić information content (AvgIpc) is 2.89. The van der Waals surface area contributed by atoms with Gasteiger partial charge in [-0.2, -0.15) is 0 Å². The maximum Gasteiger partial charge on any atom is 0.0766 e. The maximum absolute atomic E-state index is 4.87. The molecule has 2 aromatic heterocycles. The fraction of sp³-hybridized carbons (Fsp3) is 0.290. The SMILES string of the molecule is C=COC.CC.CCCCc1ccc(-c2ccc(-c3cc(C)c4c(C)nccc4n3)cc2)cc1. The number of nitrogens with zero attached hydrogens (tertiary/aromatic N) is 2. The monoisotopic (exact) mass is 454 g/mol. The first kappa shape index (κ1) is 26.8. The fourth-order valence-corrected chi connectivity index (χ4v) is 3.80. The zero-order valence-corrected chi connectivity index (χ0v) is 21.6. The highest BCUT2D eigenvalue weighted by molar-refractivity contribution is 5.86. The van der Waals surface area contributed by atoms with E-state index in [9.17, 15) is 0 Å². The number of ether oxygens (including phenoxy) is 1. The Morgan fingerprint density at radius 1 is 0.882 bits per heavy atom. The molecule has 0 unspecified atom stereocenters. The van der Waals surface area contributed by atoms with Crippen LogP contribution in [0.15, 0.2) is 79.7 Å². The summed E-state index contributed by atoms with van der Waals surface area (Å²) in [5.41, 5.74) is 9.33. The molecule has 0 saturated carbocycles. The van der Waals surface area contributed by atoms with Crippen LogP contribution in [0.4, 0.5) is 0 Å². The van der Waals surface area contributed by atoms with E-state index in [0.717, 1.165) is 34.3 Å². The summed E-state index contributed by atoms with van der Waals surface area (Å²) in [6.45, 7) is 13.7. The Labute approximate surface area is 205 Å². The van der Waals surface area contributed by atoms with Crippen molar-refractivity contribution in [3.8, 4) is 22.4 Å². The predicted molar refractivity (Wildman–Crippen MR) is 147 cm³/mol. The van der Waals surface area contributed by atoms with Gasteiger partial charge in [0.25, 0.3) is 0 Å². The van der Waals surface area contributed by atoms with Gasteiger partial charge >= 0.3 is 0 Å². The van der Waals surface area contributed by atoms with Crippen LogP contribution in [0, 0.1) is 13.8 Å². The second-order valence-corrected chi connectivity index (χ2v) is 7.90. The number of hydrogen-bond donors (Lipinski definition) is 0. The van der Waals surface area contributed by atoms with Crippen molar-refractivity contribution in [2.45, 2.75) is 53.9 Å². The number of rotatable bonds is 6. The molecule has 0 bridgehead atoms. The van der Waals surface area contributed by atoms with Crippen molar-refractivity contribution < 1.29 is 4.74 Å². The lowest BCUT2D eigenvalue weighted by Crippen LogP contribution is -1.92. The van der Waals surface area contributed by atoms with Crippen molar-refractivity contribution in [2.24, 2.45) is 0 Å². The first-order chi connectivity index (χ1) is 16.6. The van der Waals surface area contributed by atoms with Crippen molar-refractivity contribution in [2.75, 3.05) is 7.11 Å². The first-order valence-corrected chi connectivity index (χ1v) is 12.1. The summed E-state index contributed by atoms with van der Waals surface area (Å²) in [5, 5.41) is 1.16. The van der Waals surface area contributed by atoms with Crippen LogP contribution in [0.3, 0.4) is 0 Å². The standard InChI is InChI=1S/C26H26N2.C3H6O.C2H6/c1-4-5-6-20-7-9-21(10-8-20)22-11-13-23(14-12-22)25-17-18(2)26-19(3)27-16-15-24(26)28-25;1-3-4-2;1-2/h7-17H,4-6H2,1-3H3;3H,1H2,2H3;1-2H3. The van der Waals surface area contributed by atoms with E-state index in [0.29, 0.717) is 0 Å². The van der Waals surface area contributed by atoms with E-state index in [1.165, 1.54) is 41.4 Å². The van der Waals surface area contributed by atoms with E-state index in [4.69, 9.17) is 4.98 Å². The normalized spacial score (nSPS) is 9.94. The number of hydrogen-bond acceptors (Lipinski definition) is 3. The lowest BCUT2D eigenvalue weighted by atomic mass is 9.99. The van der Waals surface area contributed by atoms with Gasteiger partial charge in [-0.1, -0.05) is 82.3 Å². The lowest BCUT2D eigenvalue weighted by molar-refractivity contribution is 0.339. The minimum Gasteiger partial charge on any atom is -0.505 e. The van der Waals surface area contributed by atoms with Crippen LogP contribution in [0.1, 0.15) is 50.4 Å². The van der Waals surface area contributed by atoms with Crippen LogP contribution in [0.25, 0.3) is 33.3 Å². The third kappa shape index (κ3) is 7.02. The molecule has 0 N–H and O–H groups in total. The van der Waals surface area contributed by atoms with Crippen molar-refractivity contribution in [3.63, 3.8) is 0 Å². The summed E-state index contributed by atoms with van der Waals surface area (Å²) in [6, 6.07) is 21.8. The molecule has 0 radical (unpaired) electrons. The van der Waals surface area contributed by atoms with Crippen LogP contribution in [0.5, 0.6) is 0 Å². The average molecular weight is 455 g/mol. The van der Waals surface area contributed by atoms with E-state index in [-0.39, 0.29) is 0 Å². The number of methoxy groups -OCH3 is 1. The Bertz CT molecular complexity index is 1160. The first-order valence-electron chi connectivity index (χ1n) is 12.1. The fourth-order valence-electron chi connectivity index (χ4n) is 3.80. The highest BCUT2D eigenvalue weighted by Gasteiger charge is 2.08. The van der Waals surface area contributed by atoms with Crippen LogP contribution < -0.4 is 0 Å². The molecule has 0 atom stereocenters. The highest BCUT2D eigenvalue weighted by atomic mass is 16.5. The minimum atomic E-state index is 1.01. The molecule has 0 fully saturated rings. The number of aromatic nitrogens is 2. The third-order valence-corrected chi connectivity index (χ3v) is 5.56. The number of pyridine rings is 2. The zero-order chi connectivity index (χ0) is 24.9. The molecular formula is C31H38N2O. The van der Waals surface area contributed by atoms with E-state index in [2.05, 4.69) is 84.7 Å². The number of benzene rings is 2. The summed E-state index contributed by atoms with van der Waals surface area (Å²) in [4.78, 5) is 9.27. The minimum absolute atomic E-state index is 1.01. The molecule has 0 amide bonds. The van der Waals surface area contributed by atoms with Crippen LogP contribution in [0.2, 0.25) is 0 Å². The summed E-state index contributed by atoms with van der Waals surface area (Å²) >= 11 is 0. The van der Waals surface area contributed by atoms with E-state index >= 15 is 0 Å². The number of aryl methyl sites for hydroxylation is 3. The summed E-state index contributed by atoms with van der Waals surface area (Å²) in [6.07, 6.45) is 6.86. The third-order valence-electron chi connectivity index (χ3n) is 5.56. The molecular weight excluding hydrogens is 416 g/mol. The molecule has 3 heteroatoms. The summed E-state index contributed by atoms with van der Waals surface area (Å²) in [5.74, 6) is 0. The summed E-state index contributed by atoms with van der Waals surface area (Å²) in [7, 11) is 1.56. The summed E-state index contributed by atoms with van der Waals surface area (Å²) < 4.78 is 4.31. The Morgan fingerprint density at radius 2 is 1.44 bits per heavy atom. The highest BCUT2D eigenvalue weighted by Crippen LogP contribution is 2.28. The molecule has 2 aromatic carbocycles. The van der Waals surface area contributed by atoms with Gasteiger partial charge in [-0.15, -0.1) is 0 Å². The van der Waals surface area contributed by atoms with Crippen molar-refractivity contribution in [1.82, 2.24) is 9.97 Å². The predicted octanol–water partition coefficient (Wildman–Crippen LogP) is 8.73. The molecule has 0 aliphatic heterocycles. The number of unbranched alkanes of at least 4 members (excludes halogenated alkanes) is 1. The molecule has 34 heavy (non-hydrogen) atoms. The molecule has 178 valence electrons.